The molecule has 0 saturated heterocycles. The molecule has 0 fully saturated rings. The van der Waals surface area contributed by atoms with Crippen LogP contribution in [0.2, 0.25) is 10.0 Å². The number of fused-ring (bicyclic) bond motifs is 1. The Bertz CT molecular complexity index is 713. The number of benzene rings is 1. The van der Waals surface area contributed by atoms with Gasteiger partial charge in [-0.25, -0.2) is 12.7 Å². The third kappa shape index (κ3) is 4.78. The van der Waals surface area contributed by atoms with E-state index in [2.05, 4.69) is 0 Å². The van der Waals surface area contributed by atoms with Crippen LogP contribution in [-0.4, -0.2) is 14.2 Å². The van der Waals surface area contributed by atoms with Crippen molar-refractivity contribution < 1.29 is 0 Å². The first-order valence-electron chi connectivity index (χ1n) is 5.04. The SMILES string of the molecule is O=c1n(SC(Cl)(Cl)Cl)c2cc(Cl)c(Cl)cc2n1SC(Cl)(Cl)Cl. The van der Waals surface area contributed by atoms with E-state index in [0.717, 1.165) is 7.94 Å². The highest BCUT2D eigenvalue weighted by molar-refractivity contribution is 8.04. The van der Waals surface area contributed by atoms with Crippen molar-refractivity contribution in [2.24, 2.45) is 0 Å². The zero-order valence-electron chi connectivity index (χ0n) is 9.80. The van der Waals surface area contributed by atoms with E-state index in [4.69, 9.17) is 92.8 Å². The topological polar surface area (TPSA) is 26.9 Å². The molecule has 0 bridgehead atoms. The molecule has 13 heteroatoms. The summed E-state index contributed by atoms with van der Waals surface area (Å²) in [7, 11) is 0. The predicted molar refractivity (Wildman–Crippen MR) is 103 cm³/mol. The van der Waals surface area contributed by atoms with E-state index < -0.39 is 11.9 Å². The lowest BCUT2D eigenvalue weighted by atomic mass is 10.3. The lowest BCUT2D eigenvalue weighted by Crippen LogP contribution is -2.21. The molecule has 0 aliphatic heterocycles. The summed E-state index contributed by atoms with van der Waals surface area (Å²) in [5.41, 5.74) is 0.135. The van der Waals surface area contributed by atoms with Gasteiger partial charge in [-0.1, -0.05) is 92.8 Å². The molecule has 0 radical (unpaired) electrons. The zero-order valence-corrected chi connectivity index (χ0v) is 17.5. The molecule has 0 N–H and O–H groups in total. The van der Waals surface area contributed by atoms with Crippen LogP contribution in [0.25, 0.3) is 11.0 Å². The largest absolute Gasteiger partial charge is 0.349 e. The maximum Gasteiger partial charge on any atom is 0.349 e. The number of aromatic nitrogens is 2. The maximum absolute atomic E-state index is 12.5. The number of hydrogen-bond donors (Lipinski definition) is 0. The van der Waals surface area contributed by atoms with Gasteiger partial charge in [0, 0.05) is 23.9 Å². The fraction of sp³-hybridized carbons (Fsp3) is 0.222. The quantitative estimate of drug-likeness (QED) is 0.425. The summed E-state index contributed by atoms with van der Waals surface area (Å²) in [6, 6.07) is 2.92. The van der Waals surface area contributed by atoms with Crippen LogP contribution in [0.4, 0.5) is 0 Å². The second-order valence-electron chi connectivity index (χ2n) is 3.70. The smallest absolute Gasteiger partial charge is 0.246 e. The Kier molecular flexibility index (Phi) is 6.33. The van der Waals surface area contributed by atoms with Gasteiger partial charge in [-0.3, -0.25) is 0 Å². The Morgan fingerprint density at radius 2 is 1.09 bits per heavy atom. The van der Waals surface area contributed by atoms with Crippen molar-refractivity contribution in [3.8, 4) is 0 Å². The summed E-state index contributed by atoms with van der Waals surface area (Å²) in [5, 5.41) is 0.452. The van der Waals surface area contributed by atoms with E-state index in [1.807, 2.05) is 0 Å². The summed E-state index contributed by atoms with van der Waals surface area (Å²) in [6.07, 6.45) is 0. The van der Waals surface area contributed by atoms with Crippen LogP contribution in [0, 0.1) is 0 Å². The molecule has 1 aromatic heterocycles. The van der Waals surface area contributed by atoms with Crippen LogP contribution in [0.15, 0.2) is 16.9 Å². The van der Waals surface area contributed by atoms with E-state index in [1.54, 1.807) is 0 Å². The molecule has 3 nitrogen and oxygen atoms in total. The molecule has 22 heavy (non-hydrogen) atoms. The minimum atomic E-state index is -1.78. The lowest BCUT2D eigenvalue weighted by Gasteiger charge is -2.10. The van der Waals surface area contributed by atoms with Gasteiger partial charge in [0.15, 0.2) is 0 Å². The van der Waals surface area contributed by atoms with Crippen LogP contribution in [0.1, 0.15) is 0 Å². The molecule has 122 valence electrons. The van der Waals surface area contributed by atoms with Gasteiger partial charge in [0.2, 0.25) is 0 Å². The number of nitrogens with zero attached hydrogens (tertiary/aromatic N) is 2. The van der Waals surface area contributed by atoms with E-state index in [1.165, 1.54) is 12.1 Å². The van der Waals surface area contributed by atoms with Gasteiger partial charge in [0.05, 0.1) is 21.1 Å². The summed E-state index contributed by atoms with van der Waals surface area (Å²) in [4.78, 5) is 12.5. The second kappa shape index (κ2) is 7.02. The van der Waals surface area contributed by atoms with Crippen LogP contribution in [0.3, 0.4) is 0 Å². The Balaban J connectivity index is 2.77. The Hall–Kier alpha value is 1.51. The molecule has 0 atom stereocenters. The molecular weight excluding hydrogens is 500 g/mol. The van der Waals surface area contributed by atoms with E-state index in [9.17, 15) is 4.79 Å². The van der Waals surface area contributed by atoms with E-state index in [-0.39, 0.29) is 10.0 Å². The minimum absolute atomic E-state index is 0.226. The van der Waals surface area contributed by atoms with Crippen molar-refractivity contribution in [1.29, 1.82) is 0 Å². The van der Waals surface area contributed by atoms with Gasteiger partial charge in [0.1, 0.15) is 0 Å². The van der Waals surface area contributed by atoms with Gasteiger partial charge in [-0.2, -0.15) is 0 Å². The highest BCUT2D eigenvalue weighted by atomic mass is 35.6. The monoisotopic (exact) mass is 498 g/mol. The second-order valence-corrected chi connectivity index (χ2v) is 12.7. The molecule has 0 unspecified atom stereocenters. The highest BCUT2D eigenvalue weighted by Crippen LogP contribution is 2.44. The van der Waals surface area contributed by atoms with Gasteiger partial charge in [-0.05, 0) is 12.1 Å². The molecule has 1 aromatic carbocycles. The number of hydrogen-bond acceptors (Lipinski definition) is 3. The van der Waals surface area contributed by atoms with Gasteiger partial charge in [-0.15, -0.1) is 0 Å². The third-order valence-corrected chi connectivity index (χ3v) is 5.64. The van der Waals surface area contributed by atoms with Crippen LogP contribution in [0.5, 0.6) is 0 Å². The molecule has 0 saturated carbocycles. The number of imidazole rings is 1. The Morgan fingerprint density at radius 3 is 1.36 bits per heavy atom. The number of alkyl halides is 6. The van der Waals surface area contributed by atoms with Crippen LogP contribution < -0.4 is 5.69 Å². The highest BCUT2D eigenvalue weighted by Gasteiger charge is 2.30. The summed E-state index contributed by atoms with van der Waals surface area (Å²) >= 11 is 47.7. The van der Waals surface area contributed by atoms with Crippen LogP contribution >= 0.6 is 117 Å². The Labute approximate surface area is 173 Å². The third-order valence-electron chi connectivity index (χ3n) is 2.19. The maximum atomic E-state index is 12.5. The predicted octanol–water partition coefficient (Wildman–Crippen LogP) is 6.76. The molecule has 2 rings (SSSR count). The fourth-order valence-corrected chi connectivity index (χ4v) is 4.36. The molecule has 0 aliphatic rings. The van der Waals surface area contributed by atoms with E-state index >= 15 is 0 Å². The molecule has 0 aliphatic carbocycles. The summed E-state index contributed by atoms with van der Waals surface area (Å²) < 4.78 is -1.29. The first-order valence-corrected chi connectivity index (χ1v) is 9.61. The normalized spacial score (nSPS) is 13.1. The standard InChI is InChI=1S/C9H2Cl8N2OS2/c10-3-1-5-6(2-4(3)11)19(22-9(15,16)17)7(20)18(5)21-8(12,13)14/h1-2H. The van der Waals surface area contributed by atoms with Gasteiger partial charge in [0.25, 0.3) is 6.25 Å². The molecule has 2 aromatic rings. The fourth-order valence-electron chi connectivity index (χ4n) is 1.52. The molecule has 0 amide bonds. The van der Waals surface area contributed by atoms with Crippen LogP contribution in [-0.2, 0) is 0 Å². The molecule has 0 spiro atoms. The average molecular weight is 502 g/mol. The molecular formula is C9H2Cl8N2OS2. The van der Waals surface area contributed by atoms with Gasteiger partial charge >= 0.3 is 5.69 Å². The van der Waals surface area contributed by atoms with Crippen molar-refractivity contribution >= 4 is 128 Å². The first-order chi connectivity index (χ1) is 9.89. The number of rotatable bonds is 2. The van der Waals surface area contributed by atoms with Gasteiger partial charge < -0.3 is 0 Å². The molecule has 1 heterocycles. The van der Waals surface area contributed by atoms with Crippen molar-refractivity contribution in [1.82, 2.24) is 7.94 Å². The summed E-state index contributed by atoms with van der Waals surface area (Å²) in [5.74, 6) is 0. The van der Waals surface area contributed by atoms with E-state index in [0.29, 0.717) is 34.9 Å². The minimum Gasteiger partial charge on any atom is -0.246 e. The van der Waals surface area contributed by atoms with Crippen molar-refractivity contribution in [3.05, 3.63) is 32.7 Å². The van der Waals surface area contributed by atoms with Crippen molar-refractivity contribution in [2.45, 2.75) is 6.25 Å². The Morgan fingerprint density at radius 1 is 0.773 bits per heavy atom. The lowest BCUT2D eigenvalue weighted by molar-refractivity contribution is 1.10. The van der Waals surface area contributed by atoms with Crippen molar-refractivity contribution in [2.75, 3.05) is 0 Å². The first kappa shape index (κ1) is 19.8. The average Bonchev–Trinajstić information content (AvgIpc) is 2.53. The zero-order chi connectivity index (χ0) is 16.9. The number of halogens is 8. The van der Waals surface area contributed by atoms with Crippen molar-refractivity contribution in [3.63, 3.8) is 0 Å². The summed E-state index contributed by atoms with van der Waals surface area (Å²) in [6.45, 7) is 0.